The van der Waals surface area contributed by atoms with Gasteiger partial charge in [0.1, 0.15) is 0 Å². The zero-order valence-corrected chi connectivity index (χ0v) is 12.5. The number of nitrogens with one attached hydrogen (secondary N) is 1. The first-order valence-electron chi connectivity index (χ1n) is 7.37. The fourth-order valence-electron chi connectivity index (χ4n) is 3.16. The number of hydrogen-bond donors (Lipinski definition) is 1. The lowest BCUT2D eigenvalue weighted by molar-refractivity contribution is 0.680. The minimum absolute atomic E-state index is 0.804. The fraction of sp³-hybridized carbons (Fsp3) is 0.529. The molecule has 0 radical (unpaired) electrons. The first kappa shape index (κ1) is 12.7. The third kappa shape index (κ3) is 2.18. The van der Waals surface area contributed by atoms with Gasteiger partial charge < -0.3 is 9.88 Å². The van der Waals surface area contributed by atoms with Crippen LogP contribution in [0.4, 0.5) is 0 Å². The van der Waals surface area contributed by atoms with Crippen LogP contribution in [0.2, 0.25) is 0 Å². The molecule has 1 heterocycles. The number of fused-ring (bicyclic) bond motifs is 1. The van der Waals surface area contributed by atoms with Crippen molar-refractivity contribution in [3.63, 3.8) is 0 Å². The van der Waals surface area contributed by atoms with Gasteiger partial charge in [-0.25, -0.2) is 0 Å². The van der Waals surface area contributed by atoms with E-state index >= 15 is 0 Å². The van der Waals surface area contributed by atoms with Crippen molar-refractivity contribution in [1.29, 1.82) is 0 Å². The first-order chi connectivity index (χ1) is 9.09. The molecule has 102 valence electrons. The van der Waals surface area contributed by atoms with Crippen molar-refractivity contribution in [2.45, 2.75) is 46.1 Å². The molecule has 1 aromatic carbocycles. The Kier molecular flexibility index (Phi) is 3.14. The molecule has 0 spiro atoms. The van der Waals surface area contributed by atoms with E-state index in [0.29, 0.717) is 0 Å². The van der Waals surface area contributed by atoms with Gasteiger partial charge in [-0.15, -0.1) is 0 Å². The van der Waals surface area contributed by atoms with Crippen molar-refractivity contribution in [2.75, 3.05) is 6.54 Å². The van der Waals surface area contributed by atoms with Gasteiger partial charge in [0.05, 0.1) is 5.52 Å². The fourth-order valence-corrected chi connectivity index (χ4v) is 3.16. The molecule has 1 saturated carbocycles. The molecule has 2 heteroatoms. The van der Waals surface area contributed by atoms with Crippen LogP contribution >= 0.6 is 0 Å². The molecule has 0 amide bonds. The summed E-state index contributed by atoms with van der Waals surface area (Å²) in [4.78, 5) is 0. The quantitative estimate of drug-likeness (QED) is 0.887. The van der Waals surface area contributed by atoms with Crippen LogP contribution in [0.1, 0.15) is 35.2 Å². The molecule has 2 nitrogen and oxygen atoms in total. The topological polar surface area (TPSA) is 17.0 Å². The van der Waals surface area contributed by atoms with E-state index < -0.39 is 0 Å². The summed E-state index contributed by atoms with van der Waals surface area (Å²) in [6.07, 6.45) is 3.88. The van der Waals surface area contributed by atoms with Crippen molar-refractivity contribution in [1.82, 2.24) is 9.88 Å². The molecule has 0 aliphatic heterocycles. The Labute approximate surface area is 115 Å². The number of aromatic nitrogens is 1. The number of aryl methyl sites for hydroxylation is 3. The van der Waals surface area contributed by atoms with Crippen LogP contribution in [0.25, 0.3) is 10.9 Å². The monoisotopic (exact) mass is 256 g/mol. The zero-order valence-electron chi connectivity index (χ0n) is 12.5. The molecule has 2 aromatic rings. The van der Waals surface area contributed by atoms with Crippen LogP contribution in [0.3, 0.4) is 0 Å². The van der Waals surface area contributed by atoms with Crippen LogP contribution in [0, 0.1) is 20.8 Å². The van der Waals surface area contributed by atoms with Gasteiger partial charge in [0.15, 0.2) is 0 Å². The summed E-state index contributed by atoms with van der Waals surface area (Å²) in [5.74, 6) is 0. The number of rotatable bonds is 4. The Hall–Kier alpha value is -1.28. The first-order valence-corrected chi connectivity index (χ1v) is 7.37. The molecule has 0 saturated heterocycles. The van der Waals surface area contributed by atoms with Gasteiger partial charge in [-0.2, -0.15) is 0 Å². The predicted molar refractivity (Wildman–Crippen MR) is 81.9 cm³/mol. The highest BCUT2D eigenvalue weighted by Gasteiger charge is 2.21. The molecule has 19 heavy (non-hydrogen) atoms. The third-order valence-corrected chi connectivity index (χ3v) is 4.55. The highest BCUT2D eigenvalue weighted by atomic mass is 15.0. The number of nitrogens with zero attached hydrogens (tertiary/aromatic N) is 1. The predicted octanol–water partition coefficient (Wildman–Crippen LogP) is 3.40. The summed E-state index contributed by atoms with van der Waals surface area (Å²) in [5, 5.41) is 5.11. The molecule has 0 bridgehead atoms. The van der Waals surface area contributed by atoms with E-state index in [1.807, 2.05) is 0 Å². The lowest BCUT2D eigenvalue weighted by Gasteiger charge is -2.06. The highest BCUT2D eigenvalue weighted by Crippen LogP contribution is 2.30. The second-order valence-corrected chi connectivity index (χ2v) is 6.02. The van der Waals surface area contributed by atoms with Gasteiger partial charge in [0, 0.05) is 24.2 Å². The third-order valence-electron chi connectivity index (χ3n) is 4.55. The minimum Gasteiger partial charge on any atom is -0.347 e. The Morgan fingerprint density at radius 1 is 1.16 bits per heavy atom. The molecule has 0 unspecified atom stereocenters. The van der Waals surface area contributed by atoms with Gasteiger partial charge in [0.25, 0.3) is 0 Å². The van der Waals surface area contributed by atoms with E-state index in [2.05, 4.69) is 49.8 Å². The van der Waals surface area contributed by atoms with Crippen LogP contribution in [-0.2, 0) is 13.5 Å². The summed E-state index contributed by atoms with van der Waals surface area (Å²) in [7, 11) is 2.20. The van der Waals surface area contributed by atoms with Crippen molar-refractivity contribution in [3.05, 3.63) is 34.5 Å². The Morgan fingerprint density at radius 2 is 1.84 bits per heavy atom. The summed E-state index contributed by atoms with van der Waals surface area (Å²) >= 11 is 0. The van der Waals surface area contributed by atoms with Gasteiger partial charge in [-0.3, -0.25) is 0 Å². The van der Waals surface area contributed by atoms with Crippen molar-refractivity contribution >= 4 is 10.9 Å². The average Bonchev–Trinajstić information content (AvgIpc) is 3.16. The van der Waals surface area contributed by atoms with Crippen LogP contribution in [0.15, 0.2) is 12.1 Å². The zero-order chi connectivity index (χ0) is 13.6. The second-order valence-electron chi connectivity index (χ2n) is 6.02. The van der Waals surface area contributed by atoms with Crippen molar-refractivity contribution in [3.8, 4) is 0 Å². The molecular formula is C17H24N2. The van der Waals surface area contributed by atoms with E-state index in [0.717, 1.165) is 19.0 Å². The number of benzene rings is 1. The van der Waals surface area contributed by atoms with E-state index in [9.17, 15) is 0 Å². The van der Waals surface area contributed by atoms with E-state index in [4.69, 9.17) is 0 Å². The Bertz CT molecular complexity index is 618. The standard InChI is InChI=1S/C17H24N2/c1-11-5-6-12(2)17-16(11)15(13(3)19(17)4)9-10-18-14-7-8-14/h5-6,14,18H,7-10H2,1-4H3. The summed E-state index contributed by atoms with van der Waals surface area (Å²) < 4.78 is 2.37. The van der Waals surface area contributed by atoms with Crippen LogP contribution < -0.4 is 5.32 Å². The van der Waals surface area contributed by atoms with E-state index in [1.54, 1.807) is 0 Å². The molecule has 1 N–H and O–H groups in total. The highest BCUT2D eigenvalue weighted by molar-refractivity contribution is 5.91. The SMILES string of the molecule is Cc1ccc(C)c2c1c(CCNC1CC1)c(C)n2C. The lowest BCUT2D eigenvalue weighted by Crippen LogP contribution is -2.19. The van der Waals surface area contributed by atoms with Gasteiger partial charge in [-0.1, -0.05) is 12.1 Å². The van der Waals surface area contributed by atoms with Crippen LogP contribution in [0.5, 0.6) is 0 Å². The molecule has 1 aromatic heterocycles. The molecule has 1 aliphatic carbocycles. The van der Waals surface area contributed by atoms with Gasteiger partial charge in [-0.05, 0) is 63.3 Å². The van der Waals surface area contributed by atoms with Crippen molar-refractivity contribution < 1.29 is 0 Å². The maximum absolute atomic E-state index is 3.63. The largest absolute Gasteiger partial charge is 0.347 e. The molecule has 3 rings (SSSR count). The normalized spacial score (nSPS) is 15.4. The lowest BCUT2D eigenvalue weighted by atomic mass is 10.0. The Morgan fingerprint density at radius 3 is 2.53 bits per heavy atom. The second kappa shape index (κ2) is 4.68. The molecular weight excluding hydrogens is 232 g/mol. The average molecular weight is 256 g/mol. The summed E-state index contributed by atoms with van der Waals surface area (Å²) in [6, 6.07) is 5.30. The molecule has 1 fully saturated rings. The van der Waals surface area contributed by atoms with Crippen molar-refractivity contribution in [2.24, 2.45) is 7.05 Å². The smallest absolute Gasteiger partial charge is 0.0515 e. The molecule has 0 atom stereocenters. The van der Waals surface area contributed by atoms with Crippen LogP contribution in [-0.4, -0.2) is 17.2 Å². The van der Waals surface area contributed by atoms with E-state index in [1.165, 1.54) is 46.1 Å². The maximum atomic E-state index is 3.63. The minimum atomic E-state index is 0.804. The maximum Gasteiger partial charge on any atom is 0.0515 e. The summed E-state index contributed by atoms with van der Waals surface area (Å²) in [5.41, 5.74) is 7.16. The summed E-state index contributed by atoms with van der Waals surface area (Å²) in [6.45, 7) is 7.82. The van der Waals surface area contributed by atoms with E-state index in [-0.39, 0.29) is 0 Å². The van der Waals surface area contributed by atoms with Gasteiger partial charge >= 0.3 is 0 Å². The number of hydrogen-bond acceptors (Lipinski definition) is 1. The molecule has 1 aliphatic rings. The van der Waals surface area contributed by atoms with Gasteiger partial charge in [0.2, 0.25) is 0 Å². The Balaban J connectivity index is 2.01.